The fraction of sp³-hybridized carbons (Fsp3) is 0.240. The summed E-state index contributed by atoms with van der Waals surface area (Å²) in [6.07, 6.45) is 3.78. The van der Waals surface area contributed by atoms with Crippen LogP contribution < -0.4 is 10.3 Å². The number of hydrogen-bond donors (Lipinski definition) is 1. The highest BCUT2D eigenvalue weighted by atomic mass is 16.5. The summed E-state index contributed by atoms with van der Waals surface area (Å²) in [5.41, 5.74) is 4.75. The van der Waals surface area contributed by atoms with Gasteiger partial charge in [-0.15, -0.1) is 0 Å². The van der Waals surface area contributed by atoms with Crippen molar-refractivity contribution < 1.29 is 9.26 Å². The maximum atomic E-state index is 13.1. The summed E-state index contributed by atoms with van der Waals surface area (Å²) in [7, 11) is 1.63. The lowest BCUT2D eigenvalue weighted by Crippen LogP contribution is -2.16. The first-order valence-corrected chi connectivity index (χ1v) is 10.6. The molecule has 0 saturated heterocycles. The van der Waals surface area contributed by atoms with Gasteiger partial charge in [-0.2, -0.15) is 0 Å². The van der Waals surface area contributed by atoms with Gasteiger partial charge in [0.15, 0.2) is 0 Å². The number of hydrogen-bond acceptors (Lipinski definition) is 5. The van der Waals surface area contributed by atoms with Gasteiger partial charge < -0.3 is 14.2 Å². The Bertz CT molecular complexity index is 1540. The van der Waals surface area contributed by atoms with Crippen LogP contribution in [0.25, 0.3) is 27.7 Å². The molecule has 1 aliphatic rings. The summed E-state index contributed by atoms with van der Waals surface area (Å²) < 4.78 is 13.2. The molecule has 3 aromatic heterocycles. The van der Waals surface area contributed by atoms with Crippen molar-refractivity contribution >= 4 is 16.6 Å². The van der Waals surface area contributed by atoms with Crippen LogP contribution >= 0.6 is 0 Å². The average Bonchev–Trinajstić information content (AvgIpc) is 3.40. The van der Waals surface area contributed by atoms with Crippen LogP contribution in [0, 0.1) is 13.8 Å². The molecule has 1 N–H and O–H groups in total. The van der Waals surface area contributed by atoms with Gasteiger partial charge >= 0.3 is 0 Å². The van der Waals surface area contributed by atoms with Gasteiger partial charge in [0, 0.05) is 11.6 Å². The Labute approximate surface area is 183 Å². The van der Waals surface area contributed by atoms with E-state index in [2.05, 4.69) is 38.8 Å². The summed E-state index contributed by atoms with van der Waals surface area (Å²) in [4.78, 5) is 20.8. The van der Waals surface area contributed by atoms with E-state index in [1.807, 2.05) is 32.0 Å². The first kappa shape index (κ1) is 18.9. The van der Waals surface area contributed by atoms with Gasteiger partial charge in [0.1, 0.15) is 23.0 Å². The van der Waals surface area contributed by atoms with E-state index < -0.39 is 0 Å². The van der Waals surface area contributed by atoms with Crippen LogP contribution in [-0.2, 0) is 5.41 Å². The highest BCUT2D eigenvalue weighted by molar-refractivity contribution is 5.90. The van der Waals surface area contributed by atoms with Crippen molar-refractivity contribution in [3.63, 3.8) is 0 Å². The topological polar surface area (TPSA) is 85.4 Å². The molecule has 7 heteroatoms. The minimum absolute atomic E-state index is 0.146. The number of ether oxygens (including phenoxy) is 1. The summed E-state index contributed by atoms with van der Waals surface area (Å²) in [5, 5.41) is 4.63. The second-order valence-corrected chi connectivity index (χ2v) is 8.47. The molecule has 7 nitrogen and oxygen atoms in total. The van der Waals surface area contributed by atoms with Crippen molar-refractivity contribution in [2.75, 3.05) is 7.11 Å². The lowest BCUT2D eigenvalue weighted by atomic mass is 9.95. The van der Waals surface area contributed by atoms with E-state index in [9.17, 15) is 4.79 Å². The van der Waals surface area contributed by atoms with Gasteiger partial charge in [-0.1, -0.05) is 35.5 Å². The van der Waals surface area contributed by atoms with E-state index in [0.29, 0.717) is 22.5 Å². The Morgan fingerprint density at radius 1 is 1.16 bits per heavy atom. The molecule has 2 aromatic carbocycles. The average molecular weight is 426 g/mol. The Balaban J connectivity index is 1.68. The smallest absolute Gasteiger partial charge is 0.258 e. The number of aromatic amines is 1. The van der Waals surface area contributed by atoms with Crippen molar-refractivity contribution in [1.29, 1.82) is 0 Å². The second-order valence-electron chi connectivity index (χ2n) is 8.47. The van der Waals surface area contributed by atoms with E-state index in [0.717, 1.165) is 41.0 Å². The number of aryl methyl sites for hydroxylation is 2. The summed E-state index contributed by atoms with van der Waals surface area (Å²) in [5.74, 6) is 2.28. The molecule has 32 heavy (non-hydrogen) atoms. The van der Waals surface area contributed by atoms with Crippen LogP contribution in [0.3, 0.4) is 0 Å². The molecule has 3 heterocycles. The maximum Gasteiger partial charge on any atom is 0.258 e. The SMILES string of the molecule is COc1cc2c(cc1-c1c(C)noc1C)c(=O)[nH]c1cnc(C3(c4ccccc4)CC3)n12. The standard InChI is InChI=1S/C25H22N4O3/c1-14-22(15(2)32-28-14)18-11-17-19(12-20(18)31-3)29-21(27-23(17)30)13-26-24(29)25(9-10-25)16-7-5-4-6-8-16/h4-8,11-13H,9-10H2,1-3H3,(H,27,30). The molecular formula is C25H22N4O3. The Hall–Kier alpha value is -3.87. The van der Waals surface area contributed by atoms with Gasteiger partial charge in [-0.05, 0) is 38.3 Å². The van der Waals surface area contributed by atoms with E-state index >= 15 is 0 Å². The molecule has 0 bridgehead atoms. The Morgan fingerprint density at radius 3 is 2.59 bits per heavy atom. The Kier molecular flexibility index (Phi) is 3.87. The highest BCUT2D eigenvalue weighted by Gasteiger charge is 2.49. The van der Waals surface area contributed by atoms with Crippen molar-refractivity contribution in [1.82, 2.24) is 19.5 Å². The van der Waals surface area contributed by atoms with Crippen molar-refractivity contribution in [3.8, 4) is 16.9 Å². The molecule has 0 aliphatic heterocycles. The molecule has 1 aliphatic carbocycles. The number of imidazole rings is 1. The number of benzene rings is 2. The molecule has 1 fully saturated rings. The first-order chi connectivity index (χ1) is 15.5. The fourth-order valence-electron chi connectivity index (χ4n) is 4.90. The molecule has 0 amide bonds. The van der Waals surface area contributed by atoms with E-state index in [-0.39, 0.29) is 11.0 Å². The van der Waals surface area contributed by atoms with Crippen LogP contribution in [0.4, 0.5) is 0 Å². The molecule has 5 aromatic rings. The lowest BCUT2D eigenvalue weighted by Gasteiger charge is -2.17. The van der Waals surface area contributed by atoms with Gasteiger partial charge in [-0.25, -0.2) is 4.98 Å². The summed E-state index contributed by atoms with van der Waals surface area (Å²) in [6.45, 7) is 3.74. The second kappa shape index (κ2) is 6.56. The molecule has 1 saturated carbocycles. The van der Waals surface area contributed by atoms with Gasteiger partial charge in [0.2, 0.25) is 0 Å². The minimum Gasteiger partial charge on any atom is -0.496 e. The van der Waals surface area contributed by atoms with E-state index in [4.69, 9.17) is 14.2 Å². The fourth-order valence-corrected chi connectivity index (χ4v) is 4.90. The van der Waals surface area contributed by atoms with Crippen LogP contribution in [-0.4, -0.2) is 26.6 Å². The molecule has 0 radical (unpaired) electrons. The molecule has 0 unspecified atom stereocenters. The zero-order valence-corrected chi connectivity index (χ0v) is 18.1. The van der Waals surface area contributed by atoms with Gasteiger partial charge in [0.05, 0.1) is 40.9 Å². The summed E-state index contributed by atoms with van der Waals surface area (Å²) >= 11 is 0. The number of rotatable bonds is 4. The number of methoxy groups -OCH3 is 1. The number of fused-ring (bicyclic) bond motifs is 3. The number of nitrogens with one attached hydrogen (secondary N) is 1. The van der Waals surface area contributed by atoms with Gasteiger partial charge in [-0.3, -0.25) is 9.20 Å². The third kappa shape index (κ3) is 2.51. The largest absolute Gasteiger partial charge is 0.496 e. The van der Waals surface area contributed by atoms with Crippen LogP contribution in [0.5, 0.6) is 5.75 Å². The zero-order chi connectivity index (χ0) is 22.0. The van der Waals surface area contributed by atoms with Crippen molar-refractivity contribution in [2.24, 2.45) is 0 Å². The third-order valence-electron chi connectivity index (χ3n) is 6.61. The highest BCUT2D eigenvalue weighted by Crippen LogP contribution is 2.53. The van der Waals surface area contributed by atoms with Crippen molar-refractivity contribution in [3.05, 3.63) is 81.9 Å². The van der Waals surface area contributed by atoms with Gasteiger partial charge in [0.25, 0.3) is 5.56 Å². The monoisotopic (exact) mass is 426 g/mol. The zero-order valence-electron chi connectivity index (χ0n) is 18.1. The predicted molar refractivity (Wildman–Crippen MR) is 121 cm³/mol. The van der Waals surface area contributed by atoms with E-state index in [1.165, 1.54) is 5.56 Å². The predicted octanol–water partition coefficient (Wildman–Crippen LogP) is 4.54. The first-order valence-electron chi connectivity index (χ1n) is 10.6. The molecule has 160 valence electrons. The summed E-state index contributed by atoms with van der Waals surface area (Å²) in [6, 6.07) is 14.2. The van der Waals surface area contributed by atoms with E-state index in [1.54, 1.807) is 13.3 Å². The number of aromatic nitrogens is 4. The van der Waals surface area contributed by atoms with Crippen LogP contribution in [0.15, 0.2) is 58.0 Å². The lowest BCUT2D eigenvalue weighted by molar-refractivity contribution is 0.393. The molecule has 6 rings (SSSR count). The number of H-pyrrole nitrogens is 1. The van der Waals surface area contributed by atoms with Crippen LogP contribution in [0.2, 0.25) is 0 Å². The normalized spacial score (nSPS) is 14.8. The quantitative estimate of drug-likeness (QED) is 0.456. The molecule has 0 spiro atoms. The third-order valence-corrected chi connectivity index (χ3v) is 6.61. The maximum absolute atomic E-state index is 13.1. The molecular weight excluding hydrogens is 404 g/mol. The van der Waals surface area contributed by atoms with Crippen LogP contribution in [0.1, 0.15) is 35.7 Å². The molecule has 0 atom stereocenters. The minimum atomic E-state index is -0.167. The van der Waals surface area contributed by atoms with Crippen molar-refractivity contribution in [2.45, 2.75) is 32.1 Å². The number of nitrogens with zero attached hydrogens (tertiary/aromatic N) is 3. The Morgan fingerprint density at radius 2 is 1.94 bits per heavy atom.